The number of hydrogen-bond acceptors (Lipinski definition) is 3. The third kappa shape index (κ3) is 9.23. The van der Waals surface area contributed by atoms with Crippen LogP contribution in [0.2, 0.25) is 0 Å². The molecule has 1 aromatic rings. The van der Waals surface area contributed by atoms with Crippen molar-refractivity contribution in [1.82, 2.24) is 16.0 Å². The molecule has 158 valence electrons. The van der Waals surface area contributed by atoms with Gasteiger partial charge in [-0.2, -0.15) is 0 Å². The first-order chi connectivity index (χ1) is 13.2. The van der Waals surface area contributed by atoms with Crippen LogP contribution in [0, 0.1) is 0 Å². The van der Waals surface area contributed by atoms with Gasteiger partial charge in [-0.1, -0.05) is 37.8 Å². The minimum absolute atomic E-state index is 0. The monoisotopic (exact) mass is 502 g/mol. The summed E-state index contributed by atoms with van der Waals surface area (Å²) in [5.74, 6) is 0.695. The van der Waals surface area contributed by atoms with Crippen molar-refractivity contribution in [2.45, 2.75) is 58.1 Å². The number of amides is 1. The molecule has 7 heteroatoms. The van der Waals surface area contributed by atoms with Crippen LogP contribution in [-0.2, 0) is 11.3 Å². The standard InChI is InChI=1S/C21H34N4O2.HI/c1-3-23-20(26)18-10-8-9-17(15-18)16-25-21(22-2)24-13-14-27-19-11-6-4-5-7-12-19;/h8-10,15,19H,3-7,11-14,16H2,1-2H3,(H,23,26)(H2,22,24,25);1H. The molecule has 2 rings (SSSR count). The van der Waals surface area contributed by atoms with E-state index in [0.29, 0.717) is 31.4 Å². The SMILES string of the molecule is CCNC(=O)c1cccc(CNC(=NC)NCCOC2CCCCCC2)c1.I. The molecular weight excluding hydrogens is 467 g/mol. The highest BCUT2D eigenvalue weighted by Crippen LogP contribution is 2.19. The fourth-order valence-electron chi connectivity index (χ4n) is 3.30. The van der Waals surface area contributed by atoms with Gasteiger partial charge in [0, 0.05) is 32.2 Å². The van der Waals surface area contributed by atoms with Gasteiger partial charge in [0.1, 0.15) is 0 Å². The number of carbonyl (C=O) groups is 1. The molecule has 1 aromatic carbocycles. The molecule has 1 amide bonds. The molecular formula is C21H35IN4O2. The second-order valence-electron chi connectivity index (χ2n) is 6.90. The maximum Gasteiger partial charge on any atom is 0.251 e. The minimum atomic E-state index is -0.0440. The second-order valence-corrected chi connectivity index (χ2v) is 6.90. The molecule has 0 heterocycles. The lowest BCUT2D eigenvalue weighted by Crippen LogP contribution is -2.39. The van der Waals surface area contributed by atoms with Crippen LogP contribution in [0.25, 0.3) is 0 Å². The molecule has 0 saturated heterocycles. The zero-order valence-corrected chi connectivity index (χ0v) is 19.5. The number of halogens is 1. The smallest absolute Gasteiger partial charge is 0.251 e. The summed E-state index contributed by atoms with van der Waals surface area (Å²) in [4.78, 5) is 16.2. The summed E-state index contributed by atoms with van der Waals surface area (Å²) in [5, 5.41) is 9.39. The second kappa shape index (κ2) is 14.6. The van der Waals surface area contributed by atoms with Crippen molar-refractivity contribution in [1.29, 1.82) is 0 Å². The molecule has 0 spiro atoms. The van der Waals surface area contributed by atoms with E-state index in [-0.39, 0.29) is 29.9 Å². The summed E-state index contributed by atoms with van der Waals surface area (Å²) in [7, 11) is 1.76. The Bertz CT molecular complexity index is 602. The van der Waals surface area contributed by atoms with Crippen LogP contribution < -0.4 is 16.0 Å². The van der Waals surface area contributed by atoms with Gasteiger partial charge in [-0.15, -0.1) is 24.0 Å². The van der Waals surface area contributed by atoms with E-state index in [4.69, 9.17) is 4.74 Å². The summed E-state index contributed by atoms with van der Waals surface area (Å²) in [6.45, 7) is 4.57. The number of nitrogens with one attached hydrogen (secondary N) is 3. The molecule has 3 N–H and O–H groups in total. The Kier molecular flexibility index (Phi) is 12.9. The van der Waals surface area contributed by atoms with Crippen LogP contribution in [-0.4, -0.2) is 44.7 Å². The highest BCUT2D eigenvalue weighted by molar-refractivity contribution is 14.0. The molecule has 6 nitrogen and oxygen atoms in total. The van der Waals surface area contributed by atoms with E-state index in [9.17, 15) is 4.79 Å². The lowest BCUT2D eigenvalue weighted by molar-refractivity contribution is 0.0468. The van der Waals surface area contributed by atoms with E-state index in [1.165, 1.54) is 38.5 Å². The third-order valence-corrected chi connectivity index (χ3v) is 4.76. The highest BCUT2D eigenvalue weighted by Gasteiger charge is 2.12. The third-order valence-electron chi connectivity index (χ3n) is 4.76. The predicted molar refractivity (Wildman–Crippen MR) is 126 cm³/mol. The molecule has 1 aliphatic rings. The zero-order valence-electron chi connectivity index (χ0n) is 17.1. The van der Waals surface area contributed by atoms with Crippen molar-refractivity contribution in [3.05, 3.63) is 35.4 Å². The molecule has 1 saturated carbocycles. The number of nitrogens with zero attached hydrogens (tertiary/aromatic N) is 1. The topological polar surface area (TPSA) is 74.8 Å². The Hall–Kier alpha value is -1.35. The quantitative estimate of drug-likeness (QED) is 0.167. The van der Waals surface area contributed by atoms with E-state index < -0.39 is 0 Å². The van der Waals surface area contributed by atoms with Crippen molar-refractivity contribution >= 4 is 35.8 Å². The van der Waals surface area contributed by atoms with Crippen molar-refractivity contribution in [2.75, 3.05) is 26.7 Å². The Balaban J connectivity index is 0.00000392. The Morgan fingerprint density at radius 1 is 1.14 bits per heavy atom. The summed E-state index contributed by atoms with van der Waals surface area (Å²) >= 11 is 0. The van der Waals surface area contributed by atoms with Crippen LogP contribution in [0.5, 0.6) is 0 Å². The van der Waals surface area contributed by atoms with Crippen molar-refractivity contribution in [3.63, 3.8) is 0 Å². The largest absolute Gasteiger partial charge is 0.376 e. The van der Waals surface area contributed by atoms with Crippen molar-refractivity contribution in [3.8, 4) is 0 Å². The van der Waals surface area contributed by atoms with Gasteiger partial charge in [-0.05, 0) is 37.5 Å². The van der Waals surface area contributed by atoms with Crippen molar-refractivity contribution < 1.29 is 9.53 Å². The summed E-state index contributed by atoms with van der Waals surface area (Å²) in [6, 6.07) is 7.63. The van der Waals surface area contributed by atoms with E-state index in [1.807, 2.05) is 31.2 Å². The van der Waals surface area contributed by atoms with E-state index >= 15 is 0 Å². The van der Waals surface area contributed by atoms with Gasteiger partial charge in [0.25, 0.3) is 5.91 Å². The van der Waals surface area contributed by atoms with E-state index in [1.54, 1.807) is 7.05 Å². The van der Waals surface area contributed by atoms with Crippen molar-refractivity contribution in [2.24, 2.45) is 4.99 Å². The van der Waals surface area contributed by atoms with Gasteiger partial charge in [0.15, 0.2) is 5.96 Å². The lowest BCUT2D eigenvalue weighted by atomic mass is 10.1. The molecule has 0 aromatic heterocycles. The van der Waals surface area contributed by atoms with Gasteiger partial charge in [0.2, 0.25) is 0 Å². The number of hydrogen-bond donors (Lipinski definition) is 3. The zero-order chi connectivity index (χ0) is 19.3. The molecule has 0 atom stereocenters. The normalized spacial score (nSPS) is 15.3. The number of ether oxygens (including phenoxy) is 1. The Morgan fingerprint density at radius 3 is 2.57 bits per heavy atom. The molecule has 0 bridgehead atoms. The van der Waals surface area contributed by atoms with Crippen LogP contribution in [0.3, 0.4) is 0 Å². The molecule has 1 aliphatic carbocycles. The maximum atomic E-state index is 11.9. The molecule has 0 aliphatic heterocycles. The first kappa shape index (κ1) is 24.7. The first-order valence-electron chi connectivity index (χ1n) is 10.2. The molecule has 1 fully saturated rings. The van der Waals surface area contributed by atoms with Gasteiger partial charge < -0.3 is 20.7 Å². The number of aliphatic imine (C=N–C) groups is 1. The number of carbonyl (C=O) groups excluding carboxylic acids is 1. The highest BCUT2D eigenvalue weighted by atomic mass is 127. The molecule has 0 unspecified atom stereocenters. The van der Waals surface area contributed by atoms with Gasteiger partial charge in [0.05, 0.1) is 12.7 Å². The summed E-state index contributed by atoms with van der Waals surface area (Å²) in [6.07, 6.45) is 8.06. The Morgan fingerprint density at radius 2 is 1.89 bits per heavy atom. The van der Waals surface area contributed by atoms with Crippen LogP contribution in [0.4, 0.5) is 0 Å². The first-order valence-corrected chi connectivity index (χ1v) is 10.2. The van der Waals surface area contributed by atoms with Gasteiger partial charge in [-0.25, -0.2) is 0 Å². The number of rotatable bonds is 8. The van der Waals surface area contributed by atoms with Crippen LogP contribution >= 0.6 is 24.0 Å². The van der Waals surface area contributed by atoms with Crippen LogP contribution in [0.1, 0.15) is 61.4 Å². The summed E-state index contributed by atoms with van der Waals surface area (Å²) in [5.41, 5.74) is 1.72. The average molecular weight is 502 g/mol. The van der Waals surface area contributed by atoms with Gasteiger partial charge >= 0.3 is 0 Å². The molecule has 28 heavy (non-hydrogen) atoms. The lowest BCUT2D eigenvalue weighted by Gasteiger charge is -2.17. The fraction of sp³-hybridized carbons (Fsp3) is 0.619. The minimum Gasteiger partial charge on any atom is -0.376 e. The summed E-state index contributed by atoms with van der Waals surface area (Å²) < 4.78 is 6.00. The predicted octanol–water partition coefficient (Wildman–Crippen LogP) is 3.46. The van der Waals surface area contributed by atoms with E-state index in [2.05, 4.69) is 20.9 Å². The maximum absolute atomic E-state index is 11.9. The van der Waals surface area contributed by atoms with E-state index in [0.717, 1.165) is 18.1 Å². The molecule has 0 radical (unpaired) electrons. The number of benzene rings is 1. The van der Waals surface area contributed by atoms with Gasteiger partial charge in [-0.3, -0.25) is 9.79 Å². The van der Waals surface area contributed by atoms with Crippen LogP contribution in [0.15, 0.2) is 29.3 Å². The Labute approximate surface area is 186 Å². The fourth-order valence-corrected chi connectivity index (χ4v) is 3.30. The number of guanidine groups is 1. The average Bonchev–Trinajstić information content (AvgIpc) is 2.97.